The fourth-order valence-electron chi connectivity index (χ4n) is 2.17. The van der Waals surface area contributed by atoms with Gasteiger partial charge in [0.25, 0.3) is 5.91 Å². The monoisotopic (exact) mass is 300 g/mol. The van der Waals surface area contributed by atoms with Gasteiger partial charge in [0.05, 0.1) is 6.04 Å². The third-order valence-electron chi connectivity index (χ3n) is 3.84. The minimum atomic E-state index is -0.0799. The molecule has 2 rings (SSSR count). The maximum atomic E-state index is 12.1. The Bertz CT molecular complexity index is 427. The van der Waals surface area contributed by atoms with E-state index in [-0.39, 0.29) is 24.4 Å². The Hall–Kier alpha value is -1.07. The van der Waals surface area contributed by atoms with Crippen LogP contribution in [0.5, 0.6) is 0 Å². The van der Waals surface area contributed by atoms with Crippen molar-refractivity contribution in [3.8, 4) is 0 Å². The number of rotatable bonds is 4. The molecule has 2 N–H and O–H groups in total. The standard InChI is InChI=1S/C14H24N4O.ClH/c1-10(2)11(3)16-14(19)13-6-8-18(17-13)12-5-4-7-15-9-12;/h6,8,10-12,15H,4-5,7,9H2,1-3H3,(H,16,19);1H. The van der Waals surface area contributed by atoms with Crippen LogP contribution >= 0.6 is 12.4 Å². The number of nitrogens with zero attached hydrogens (tertiary/aromatic N) is 2. The lowest BCUT2D eigenvalue weighted by Crippen LogP contribution is -2.36. The molecule has 114 valence electrons. The number of hydrogen-bond donors (Lipinski definition) is 2. The molecule has 1 aromatic rings. The van der Waals surface area contributed by atoms with E-state index in [4.69, 9.17) is 0 Å². The van der Waals surface area contributed by atoms with Crippen LogP contribution in [0.3, 0.4) is 0 Å². The third kappa shape index (κ3) is 4.21. The Labute approximate surface area is 126 Å². The van der Waals surface area contributed by atoms with Gasteiger partial charge >= 0.3 is 0 Å². The van der Waals surface area contributed by atoms with Gasteiger partial charge in [-0.3, -0.25) is 9.48 Å². The highest BCUT2D eigenvalue weighted by Crippen LogP contribution is 2.15. The van der Waals surface area contributed by atoms with Crippen molar-refractivity contribution in [2.45, 2.75) is 45.7 Å². The second-order valence-electron chi connectivity index (χ2n) is 5.69. The number of piperidine rings is 1. The Morgan fingerprint density at radius 3 is 2.85 bits per heavy atom. The van der Waals surface area contributed by atoms with Gasteiger partial charge in [0, 0.05) is 18.8 Å². The van der Waals surface area contributed by atoms with Crippen molar-refractivity contribution in [2.24, 2.45) is 5.92 Å². The molecule has 2 unspecified atom stereocenters. The summed E-state index contributed by atoms with van der Waals surface area (Å²) in [5, 5.41) is 10.7. The molecule has 20 heavy (non-hydrogen) atoms. The van der Waals surface area contributed by atoms with Crippen molar-refractivity contribution in [3.05, 3.63) is 18.0 Å². The van der Waals surface area contributed by atoms with Crippen LogP contribution < -0.4 is 10.6 Å². The fraction of sp³-hybridized carbons (Fsp3) is 0.714. The van der Waals surface area contributed by atoms with Gasteiger partial charge < -0.3 is 10.6 Å². The van der Waals surface area contributed by atoms with E-state index in [9.17, 15) is 4.79 Å². The van der Waals surface area contributed by atoms with E-state index < -0.39 is 0 Å². The number of hydrogen-bond acceptors (Lipinski definition) is 3. The first-order valence-electron chi connectivity index (χ1n) is 7.14. The van der Waals surface area contributed by atoms with Gasteiger partial charge in [-0.15, -0.1) is 12.4 Å². The summed E-state index contributed by atoms with van der Waals surface area (Å²) in [5.41, 5.74) is 0.512. The number of carbonyl (C=O) groups is 1. The molecule has 0 saturated carbocycles. The molecule has 0 aromatic carbocycles. The van der Waals surface area contributed by atoms with Crippen molar-refractivity contribution in [3.63, 3.8) is 0 Å². The minimum absolute atomic E-state index is 0. The lowest BCUT2D eigenvalue weighted by atomic mass is 10.1. The molecule has 1 aromatic heterocycles. The normalized spacial score (nSPS) is 20.3. The lowest BCUT2D eigenvalue weighted by molar-refractivity contribution is 0.0924. The second-order valence-corrected chi connectivity index (χ2v) is 5.69. The van der Waals surface area contributed by atoms with Crippen LogP contribution in [0.1, 0.15) is 50.1 Å². The number of halogens is 1. The highest BCUT2D eigenvalue weighted by molar-refractivity contribution is 5.92. The summed E-state index contributed by atoms with van der Waals surface area (Å²) in [5.74, 6) is 0.345. The van der Waals surface area contributed by atoms with Crippen LogP contribution in [0.15, 0.2) is 12.3 Å². The third-order valence-corrected chi connectivity index (χ3v) is 3.84. The summed E-state index contributed by atoms with van der Waals surface area (Å²) in [6, 6.07) is 2.34. The maximum absolute atomic E-state index is 12.1. The Kier molecular flexibility index (Phi) is 6.49. The highest BCUT2D eigenvalue weighted by atomic mass is 35.5. The van der Waals surface area contributed by atoms with Crippen molar-refractivity contribution < 1.29 is 4.79 Å². The molecule has 2 heterocycles. The van der Waals surface area contributed by atoms with E-state index in [1.165, 1.54) is 0 Å². The molecule has 5 nitrogen and oxygen atoms in total. The zero-order valence-corrected chi connectivity index (χ0v) is 13.2. The fourth-order valence-corrected chi connectivity index (χ4v) is 2.17. The zero-order chi connectivity index (χ0) is 13.8. The van der Waals surface area contributed by atoms with E-state index in [1.807, 2.05) is 17.8 Å². The molecule has 1 aliphatic rings. The molecular weight excluding hydrogens is 276 g/mol. The summed E-state index contributed by atoms with van der Waals surface area (Å²) in [6.07, 6.45) is 4.20. The maximum Gasteiger partial charge on any atom is 0.271 e. The Morgan fingerprint density at radius 1 is 1.50 bits per heavy atom. The molecule has 1 aliphatic heterocycles. The summed E-state index contributed by atoms with van der Waals surface area (Å²) < 4.78 is 1.92. The average Bonchev–Trinajstić information content (AvgIpc) is 2.89. The van der Waals surface area contributed by atoms with E-state index in [1.54, 1.807) is 6.07 Å². The summed E-state index contributed by atoms with van der Waals surface area (Å²) in [7, 11) is 0. The van der Waals surface area contributed by atoms with Gasteiger partial charge in [-0.1, -0.05) is 13.8 Å². The van der Waals surface area contributed by atoms with Gasteiger partial charge in [0.15, 0.2) is 0 Å². The Morgan fingerprint density at radius 2 is 2.25 bits per heavy atom. The van der Waals surface area contributed by atoms with E-state index in [2.05, 4.69) is 29.6 Å². The molecule has 0 aliphatic carbocycles. The predicted octanol–water partition coefficient (Wildman–Crippen LogP) is 2.00. The van der Waals surface area contributed by atoms with Crippen LogP contribution in [0.25, 0.3) is 0 Å². The first kappa shape index (κ1) is 17.0. The second kappa shape index (κ2) is 7.64. The summed E-state index contributed by atoms with van der Waals surface area (Å²) >= 11 is 0. The number of aromatic nitrogens is 2. The van der Waals surface area contributed by atoms with Crippen molar-refractivity contribution in [1.29, 1.82) is 0 Å². The molecule has 0 radical (unpaired) electrons. The van der Waals surface area contributed by atoms with Gasteiger partial charge in [-0.05, 0) is 38.3 Å². The lowest BCUT2D eigenvalue weighted by Gasteiger charge is -2.23. The molecule has 2 atom stereocenters. The van der Waals surface area contributed by atoms with Crippen LogP contribution in [0, 0.1) is 5.92 Å². The topological polar surface area (TPSA) is 59.0 Å². The highest BCUT2D eigenvalue weighted by Gasteiger charge is 2.19. The minimum Gasteiger partial charge on any atom is -0.348 e. The predicted molar refractivity (Wildman–Crippen MR) is 82.4 cm³/mol. The smallest absolute Gasteiger partial charge is 0.271 e. The van der Waals surface area contributed by atoms with Gasteiger partial charge in [-0.2, -0.15) is 5.10 Å². The van der Waals surface area contributed by atoms with Crippen molar-refractivity contribution in [1.82, 2.24) is 20.4 Å². The first-order chi connectivity index (χ1) is 9.08. The SMILES string of the molecule is CC(C)C(C)NC(=O)c1ccn(C2CCCNC2)n1.Cl. The molecule has 6 heteroatoms. The number of nitrogens with one attached hydrogen (secondary N) is 2. The number of amides is 1. The molecule has 1 amide bonds. The van der Waals surface area contributed by atoms with E-state index in [0.717, 1.165) is 25.9 Å². The molecule has 1 saturated heterocycles. The van der Waals surface area contributed by atoms with Crippen LogP contribution in [-0.2, 0) is 0 Å². The molecule has 0 bridgehead atoms. The van der Waals surface area contributed by atoms with Gasteiger partial charge in [-0.25, -0.2) is 0 Å². The molecular formula is C14H25ClN4O. The van der Waals surface area contributed by atoms with Gasteiger partial charge in [0.2, 0.25) is 0 Å². The van der Waals surface area contributed by atoms with E-state index in [0.29, 0.717) is 17.7 Å². The van der Waals surface area contributed by atoms with Crippen LogP contribution in [0.4, 0.5) is 0 Å². The van der Waals surface area contributed by atoms with Crippen molar-refractivity contribution in [2.75, 3.05) is 13.1 Å². The summed E-state index contributed by atoms with van der Waals surface area (Å²) in [4.78, 5) is 12.1. The zero-order valence-electron chi connectivity index (χ0n) is 12.4. The van der Waals surface area contributed by atoms with Crippen molar-refractivity contribution >= 4 is 18.3 Å². The average molecular weight is 301 g/mol. The van der Waals surface area contributed by atoms with E-state index >= 15 is 0 Å². The Balaban J connectivity index is 0.00000200. The quantitative estimate of drug-likeness (QED) is 0.894. The van der Waals surface area contributed by atoms with Crippen LogP contribution in [0.2, 0.25) is 0 Å². The number of carbonyl (C=O) groups excluding carboxylic acids is 1. The van der Waals surface area contributed by atoms with Gasteiger partial charge in [0.1, 0.15) is 5.69 Å². The molecule has 1 fully saturated rings. The first-order valence-corrected chi connectivity index (χ1v) is 7.14. The van der Waals surface area contributed by atoms with Crippen LogP contribution in [-0.4, -0.2) is 34.8 Å². The summed E-state index contributed by atoms with van der Waals surface area (Å²) in [6.45, 7) is 8.22. The largest absolute Gasteiger partial charge is 0.348 e. The molecule has 0 spiro atoms.